The smallest absolute Gasteiger partial charge is 0.227 e. The lowest BCUT2D eigenvalue weighted by molar-refractivity contribution is -0.165. The van der Waals surface area contributed by atoms with Crippen molar-refractivity contribution in [3.8, 4) is 5.75 Å². The minimum atomic E-state index is -0.0686. The Balaban J connectivity index is 1.40. The lowest BCUT2D eigenvalue weighted by atomic mass is 10.2. The molecule has 2 aliphatic rings. The fourth-order valence-corrected chi connectivity index (χ4v) is 2.83. The van der Waals surface area contributed by atoms with Crippen LogP contribution in [0.4, 0.5) is 5.69 Å². The van der Waals surface area contributed by atoms with E-state index < -0.39 is 0 Å². The molecule has 3 rings (SSSR count). The third kappa shape index (κ3) is 3.99. The first-order valence-corrected chi connectivity index (χ1v) is 8.09. The van der Waals surface area contributed by atoms with E-state index in [1.54, 1.807) is 0 Å². The Morgan fingerprint density at radius 1 is 1.14 bits per heavy atom. The Kier molecular flexibility index (Phi) is 5.29. The van der Waals surface area contributed by atoms with Crippen LogP contribution in [0.1, 0.15) is 32.1 Å². The van der Waals surface area contributed by atoms with Gasteiger partial charge < -0.3 is 19.1 Å². The summed E-state index contributed by atoms with van der Waals surface area (Å²) in [5.74, 6) is 0.998. The first-order valence-electron chi connectivity index (χ1n) is 8.09. The summed E-state index contributed by atoms with van der Waals surface area (Å²) >= 11 is 0. The quantitative estimate of drug-likeness (QED) is 0.758. The molecule has 1 aromatic carbocycles. The second-order valence-electron chi connectivity index (χ2n) is 5.66. The van der Waals surface area contributed by atoms with E-state index in [0.29, 0.717) is 19.6 Å². The lowest BCUT2D eigenvalue weighted by Crippen LogP contribution is -2.24. The van der Waals surface area contributed by atoms with E-state index in [-0.39, 0.29) is 12.2 Å². The van der Waals surface area contributed by atoms with E-state index >= 15 is 0 Å². The third-order valence-electron chi connectivity index (χ3n) is 4.02. The van der Waals surface area contributed by atoms with Crippen molar-refractivity contribution >= 4 is 11.6 Å². The fraction of sp³-hybridized carbons (Fsp3) is 0.588. The Hall–Kier alpha value is -1.59. The van der Waals surface area contributed by atoms with Gasteiger partial charge in [0.15, 0.2) is 6.29 Å². The number of rotatable bonds is 6. The van der Waals surface area contributed by atoms with Crippen molar-refractivity contribution in [2.24, 2.45) is 0 Å². The summed E-state index contributed by atoms with van der Waals surface area (Å²) in [4.78, 5) is 13.5. The van der Waals surface area contributed by atoms with Gasteiger partial charge in [-0.1, -0.05) is 0 Å². The Labute approximate surface area is 131 Å². The monoisotopic (exact) mass is 305 g/mol. The molecule has 2 heterocycles. The molecule has 0 bridgehead atoms. The topological polar surface area (TPSA) is 48.0 Å². The first-order chi connectivity index (χ1) is 10.8. The Morgan fingerprint density at radius 2 is 2.00 bits per heavy atom. The highest BCUT2D eigenvalue weighted by Crippen LogP contribution is 2.23. The molecular weight excluding hydrogens is 282 g/mol. The summed E-state index contributed by atoms with van der Waals surface area (Å²) in [6, 6.07) is 7.67. The molecule has 2 saturated heterocycles. The van der Waals surface area contributed by atoms with Crippen LogP contribution in [0.15, 0.2) is 24.3 Å². The van der Waals surface area contributed by atoms with Gasteiger partial charge >= 0.3 is 0 Å². The van der Waals surface area contributed by atoms with Gasteiger partial charge in [-0.05, 0) is 49.9 Å². The molecule has 0 saturated carbocycles. The number of carbonyl (C=O) groups is 1. The van der Waals surface area contributed by atoms with Crippen molar-refractivity contribution in [2.75, 3.05) is 31.3 Å². The molecule has 0 unspecified atom stereocenters. The maximum Gasteiger partial charge on any atom is 0.227 e. The summed E-state index contributed by atoms with van der Waals surface area (Å²) in [5.41, 5.74) is 0.946. The summed E-state index contributed by atoms with van der Waals surface area (Å²) < 4.78 is 16.8. The molecule has 0 aromatic heterocycles. The van der Waals surface area contributed by atoms with E-state index in [4.69, 9.17) is 14.2 Å². The van der Waals surface area contributed by atoms with Gasteiger partial charge in [0.1, 0.15) is 12.4 Å². The first kappa shape index (κ1) is 15.3. The number of ether oxygens (including phenoxy) is 3. The van der Waals surface area contributed by atoms with Crippen LogP contribution in [0.5, 0.6) is 5.75 Å². The van der Waals surface area contributed by atoms with Crippen LogP contribution in [0.25, 0.3) is 0 Å². The standard InChI is InChI=1S/C17H23NO4/c19-16-4-3-10-18(16)14-6-8-15(9-7-14)20-12-13-22-17-5-1-2-11-21-17/h6-9,17H,1-5,10-13H2/t17-/m0/s1. The molecule has 22 heavy (non-hydrogen) atoms. The van der Waals surface area contributed by atoms with E-state index in [2.05, 4.69) is 0 Å². The van der Waals surface area contributed by atoms with Crippen LogP contribution in [-0.4, -0.2) is 38.6 Å². The van der Waals surface area contributed by atoms with Crippen LogP contribution < -0.4 is 9.64 Å². The molecule has 1 atom stereocenters. The summed E-state index contributed by atoms with van der Waals surface area (Å²) in [5, 5.41) is 0. The maximum absolute atomic E-state index is 11.7. The highest BCUT2D eigenvalue weighted by Gasteiger charge is 2.21. The Morgan fingerprint density at radius 3 is 2.68 bits per heavy atom. The van der Waals surface area contributed by atoms with Crippen LogP contribution in [0, 0.1) is 0 Å². The van der Waals surface area contributed by atoms with E-state index in [1.807, 2.05) is 29.2 Å². The van der Waals surface area contributed by atoms with Crippen molar-refractivity contribution < 1.29 is 19.0 Å². The lowest BCUT2D eigenvalue weighted by Gasteiger charge is -2.22. The van der Waals surface area contributed by atoms with E-state index in [9.17, 15) is 4.79 Å². The second kappa shape index (κ2) is 7.61. The summed E-state index contributed by atoms with van der Waals surface area (Å²) in [7, 11) is 0. The van der Waals surface area contributed by atoms with Crippen molar-refractivity contribution in [1.29, 1.82) is 0 Å². The van der Waals surface area contributed by atoms with Crippen LogP contribution in [0.3, 0.4) is 0 Å². The molecular formula is C17H23NO4. The molecule has 2 fully saturated rings. The van der Waals surface area contributed by atoms with Crippen LogP contribution in [-0.2, 0) is 14.3 Å². The number of amides is 1. The summed E-state index contributed by atoms with van der Waals surface area (Å²) in [6.45, 7) is 2.63. The average molecular weight is 305 g/mol. The van der Waals surface area contributed by atoms with Crippen LogP contribution >= 0.6 is 0 Å². The average Bonchev–Trinajstić information content (AvgIpc) is 2.99. The van der Waals surface area contributed by atoms with E-state index in [1.165, 1.54) is 6.42 Å². The van der Waals surface area contributed by atoms with Crippen molar-refractivity contribution in [2.45, 2.75) is 38.4 Å². The number of hydrogen-bond acceptors (Lipinski definition) is 4. The minimum Gasteiger partial charge on any atom is -0.491 e. The number of anilines is 1. The number of carbonyl (C=O) groups excluding carboxylic acids is 1. The van der Waals surface area contributed by atoms with Crippen LogP contribution in [0.2, 0.25) is 0 Å². The highest BCUT2D eigenvalue weighted by molar-refractivity contribution is 5.95. The van der Waals surface area contributed by atoms with E-state index in [0.717, 1.165) is 43.9 Å². The molecule has 1 aromatic rings. The van der Waals surface area contributed by atoms with Gasteiger partial charge in [0.2, 0.25) is 5.91 Å². The largest absolute Gasteiger partial charge is 0.491 e. The van der Waals surface area contributed by atoms with Crippen molar-refractivity contribution in [3.63, 3.8) is 0 Å². The van der Waals surface area contributed by atoms with Gasteiger partial charge in [0.25, 0.3) is 0 Å². The Bertz CT molecular complexity index is 482. The van der Waals surface area contributed by atoms with Gasteiger partial charge in [-0.15, -0.1) is 0 Å². The van der Waals surface area contributed by atoms with Gasteiger partial charge in [0.05, 0.1) is 6.61 Å². The molecule has 120 valence electrons. The zero-order valence-corrected chi connectivity index (χ0v) is 12.8. The predicted octanol–water partition coefficient (Wildman–Crippen LogP) is 2.74. The summed E-state index contributed by atoms with van der Waals surface area (Å²) in [6.07, 6.45) is 4.79. The maximum atomic E-state index is 11.7. The van der Waals surface area contributed by atoms with Gasteiger partial charge in [0, 0.05) is 25.3 Å². The van der Waals surface area contributed by atoms with Gasteiger partial charge in [-0.3, -0.25) is 4.79 Å². The zero-order chi connectivity index (χ0) is 15.2. The number of benzene rings is 1. The molecule has 5 nitrogen and oxygen atoms in total. The minimum absolute atomic E-state index is 0.0686. The van der Waals surface area contributed by atoms with Crippen molar-refractivity contribution in [3.05, 3.63) is 24.3 Å². The normalized spacial score (nSPS) is 22.1. The molecule has 5 heteroatoms. The number of nitrogens with zero attached hydrogens (tertiary/aromatic N) is 1. The molecule has 2 aliphatic heterocycles. The van der Waals surface area contributed by atoms with Crippen molar-refractivity contribution in [1.82, 2.24) is 0 Å². The second-order valence-corrected chi connectivity index (χ2v) is 5.66. The SMILES string of the molecule is O=C1CCCN1c1ccc(OCCO[C@H]2CCCCO2)cc1. The highest BCUT2D eigenvalue weighted by atomic mass is 16.7. The molecule has 1 amide bonds. The molecule has 0 aliphatic carbocycles. The molecule has 0 radical (unpaired) electrons. The fourth-order valence-electron chi connectivity index (χ4n) is 2.83. The number of hydrogen-bond donors (Lipinski definition) is 0. The van der Waals surface area contributed by atoms with Gasteiger partial charge in [-0.2, -0.15) is 0 Å². The van der Waals surface area contributed by atoms with Gasteiger partial charge in [-0.25, -0.2) is 0 Å². The zero-order valence-electron chi connectivity index (χ0n) is 12.8. The molecule has 0 spiro atoms. The predicted molar refractivity (Wildman–Crippen MR) is 83.1 cm³/mol. The molecule has 0 N–H and O–H groups in total. The third-order valence-corrected chi connectivity index (χ3v) is 4.02.